The van der Waals surface area contributed by atoms with Gasteiger partial charge in [-0.15, -0.1) is 23.2 Å². The Morgan fingerprint density at radius 2 is 1.36 bits per heavy atom. The molecule has 0 radical (unpaired) electrons. The van der Waals surface area contributed by atoms with Gasteiger partial charge in [0.05, 0.1) is 11.1 Å². The average molecular weight is 423 g/mol. The molecule has 2 aromatic rings. The highest BCUT2D eigenvalue weighted by Crippen LogP contribution is 2.14. The van der Waals surface area contributed by atoms with Crippen molar-refractivity contribution >= 4 is 35.1 Å². The summed E-state index contributed by atoms with van der Waals surface area (Å²) in [7, 11) is 0. The van der Waals surface area contributed by atoms with Crippen molar-refractivity contribution in [2.75, 3.05) is 6.61 Å². The highest BCUT2D eigenvalue weighted by atomic mass is 35.5. The van der Waals surface area contributed by atoms with E-state index in [9.17, 15) is 9.59 Å². The van der Waals surface area contributed by atoms with Crippen molar-refractivity contribution in [3.8, 4) is 0 Å². The molecule has 150 valence electrons. The molecule has 1 unspecified atom stereocenters. The number of benzene rings is 2. The lowest BCUT2D eigenvalue weighted by atomic mass is 10.1. The van der Waals surface area contributed by atoms with E-state index in [1.54, 1.807) is 48.5 Å². The zero-order chi connectivity index (χ0) is 20.4. The molecule has 0 aromatic heterocycles. The van der Waals surface area contributed by atoms with Gasteiger partial charge in [0.2, 0.25) is 0 Å². The number of hydrogen-bond acceptors (Lipinski definition) is 4. The normalized spacial score (nSPS) is 11.7. The standard InChI is InChI=1S/C22H24Cl2O4/c1-2-3-4-20(28-22(26)19-11-7-17(14-24)8-12-19)15-27-21(25)18-9-5-16(13-23)6-10-18/h5-12,20H,2-4,13-15H2,1H3. The SMILES string of the molecule is CCCCC(COC(=O)c1ccc(CCl)cc1)OC(=O)c1ccc(CCl)cc1. The van der Waals surface area contributed by atoms with Crippen LogP contribution in [0.2, 0.25) is 0 Å². The van der Waals surface area contributed by atoms with Gasteiger partial charge in [0.15, 0.2) is 0 Å². The van der Waals surface area contributed by atoms with Crippen LogP contribution in [0.1, 0.15) is 58.0 Å². The Labute approximate surface area is 175 Å². The summed E-state index contributed by atoms with van der Waals surface area (Å²) in [6, 6.07) is 13.8. The summed E-state index contributed by atoms with van der Waals surface area (Å²) in [6.45, 7) is 2.07. The number of alkyl halides is 2. The second-order valence-corrected chi connectivity index (χ2v) is 6.96. The molecule has 0 heterocycles. The first kappa shape index (κ1) is 22.3. The van der Waals surface area contributed by atoms with Crippen LogP contribution in [0.5, 0.6) is 0 Å². The van der Waals surface area contributed by atoms with Gasteiger partial charge in [0.1, 0.15) is 12.7 Å². The Bertz CT molecular complexity index is 757. The van der Waals surface area contributed by atoms with Crippen molar-refractivity contribution in [3.05, 3.63) is 70.8 Å². The number of hydrogen-bond donors (Lipinski definition) is 0. The van der Waals surface area contributed by atoms with E-state index < -0.39 is 18.0 Å². The fraction of sp³-hybridized carbons (Fsp3) is 0.364. The number of esters is 2. The highest BCUT2D eigenvalue weighted by Gasteiger charge is 2.18. The molecule has 0 N–H and O–H groups in total. The van der Waals surface area contributed by atoms with Gasteiger partial charge in [-0.1, -0.05) is 37.6 Å². The first-order valence-corrected chi connectivity index (χ1v) is 10.3. The summed E-state index contributed by atoms with van der Waals surface area (Å²) in [4.78, 5) is 24.6. The van der Waals surface area contributed by atoms with Gasteiger partial charge in [0, 0.05) is 11.8 Å². The average Bonchev–Trinajstić information content (AvgIpc) is 2.75. The lowest BCUT2D eigenvalue weighted by molar-refractivity contribution is -0.00330. The molecule has 0 bridgehead atoms. The Morgan fingerprint density at radius 3 is 1.82 bits per heavy atom. The molecule has 0 saturated heterocycles. The van der Waals surface area contributed by atoms with Crippen LogP contribution in [0, 0.1) is 0 Å². The number of carbonyl (C=O) groups is 2. The van der Waals surface area contributed by atoms with Crippen LogP contribution in [0.15, 0.2) is 48.5 Å². The summed E-state index contributed by atoms with van der Waals surface area (Å²) < 4.78 is 10.9. The van der Waals surface area contributed by atoms with Crippen LogP contribution < -0.4 is 0 Å². The third-order valence-electron chi connectivity index (χ3n) is 4.24. The lowest BCUT2D eigenvalue weighted by Gasteiger charge is -2.18. The third-order valence-corrected chi connectivity index (χ3v) is 4.86. The van der Waals surface area contributed by atoms with Crippen LogP contribution in [-0.4, -0.2) is 24.6 Å². The highest BCUT2D eigenvalue weighted by molar-refractivity contribution is 6.17. The van der Waals surface area contributed by atoms with E-state index in [0.717, 1.165) is 24.0 Å². The number of ether oxygens (including phenoxy) is 2. The molecular formula is C22H24Cl2O4. The van der Waals surface area contributed by atoms with E-state index in [2.05, 4.69) is 0 Å². The third kappa shape index (κ3) is 6.84. The number of halogens is 2. The van der Waals surface area contributed by atoms with Gasteiger partial charge in [-0.2, -0.15) is 0 Å². The summed E-state index contributed by atoms with van der Waals surface area (Å²) in [5.74, 6) is -0.123. The number of carbonyl (C=O) groups excluding carboxylic acids is 2. The van der Waals surface area contributed by atoms with Crippen LogP contribution in [0.3, 0.4) is 0 Å². The molecule has 0 fully saturated rings. The molecule has 0 aliphatic rings. The minimum absolute atomic E-state index is 0.0155. The van der Waals surface area contributed by atoms with Crippen molar-refractivity contribution in [1.29, 1.82) is 0 Å². The molecule has 28 heavy (non-hydrogen) atoms. The zero-order valence-electron chi connectivity index (χ0n) is 15.8. The van der Waals surface area contributed by atoms with E-state index in [1.807, 2.05) is 6.92 Å². The predicted octanol–water partition coefficient (Wildman–Crippen LogP) is 5.74. The maximum Gasteiger partial charge on any atom is 0.338 e. The predicted molar refractivity (Wildman–Crippen MR) is 111 cm³/mol. The Morgan fingerprint density at radius 1 is 0.857 bits per heavy atom. The second-order valence-electron chi connectivity index (χ2n) is 6.43. The molecule has 4 nitrogen and oxygen atoms in total. The molecule has 1 atom stereocenters. The van der Waals surface area contributed by atoms with Gasteiger partial charge in [-0.25, -0.2) is 9.59 Å². The van der Waals surface area contributed by atoms with Crippen molar-refractivity contribution in [2.24, 2.45) is 0 Å². The Hall–Kier alpha value is -2.04. The van der Waals surface area contributed by atoms with Crippen molar-refractivity contribution in [1.82, 2.24) is 0 Å². The fourth-order valence-corrected chi connectivity index (χ4v) is 2.90. The number of unbranched alkanes of at least 4 members (excludes halogenated alkanes) is 1. The molecule has 0 spiro atoms. The molecule has 0 aliphatic carbocycles. The van der Waals surface area contributed by atoms with E-state index in [0.29, 0.717) is 29.3 Å². The van der Waals surface area contributed by atoms with Crippen LogP contribution >= 0.6 is 23.2 Å². The maximum atomic E-state index is 12.4. The van der Waals surface area contributed by atoms with Crippen molar-refractivity contribution in [3.63, 3.8) is 0 Å². The molecule has 2 aromatic carbocycles. The van der Waals surface area contributed by atoms with Crippen LogP contribution in [0.25, 0.3) is 0 Å². The monoisotopic (exact) mass is 422 g/mol. The van der Waals surface area contributed by atoms with Crippen LogP contribution in [-0.2, 0) is 21.2 Å². The summed E-state index contributed by atoms with van der Waals surface area (Å²) in [5.41, 5.74) is 2.73. The Balaban J connectivity index is 1.95. The number of rotatable bonds is 10. The van der Waals surface area contributed by atoms with E-state index in [1.165, 1.54) is 0 Å². The maximum absolute atomic E-state index is 12.4. The molecule has 2 rings (SSSR count). The van der Waals surface area contributed by atoms with Gasteiger partial charge in [-0.3, -0.25) is 0 Å². The second kappa shape index (κ2) is 11.7. The van der Waals surface area contributed by atoms with E-state index in [4.69, 9.17) is 32.7 Å². The largest absolute Gasteiger partial charge is 0.458 e. The molecule has 0 saturated carbocycles. The first-order chi connectivity index (χ1) is 13.6. The van der Waals surface area contributed by atoms with Gasteiger partial charge in [-0.05, 0) is 48.2 Å². The zero-order valence-corrected chi connectivity index (χ0v) is 17.3. The smallest absolute Gasteiger partial charge is 0.338 e. The van der Waals surface area contributed by atoms with Crippen molar-refractivity contribution < 1.29 is 19.1 Å². The molecule has 0 aliphatic heterocycles. The van der Waals surface area contributed by atoms with E-state index >= 15 is 0 Å². The minimum atomic E-state index is -0.494. The molecule has 6 heteroatoms. The van der Waals surface area contributed by atoms with Crippen molar-refractivity contribution in [2.45, 2.75) is 44.1 Å². The van der Waals surface area contributed by atoms with Gasteiger partial charge >= 0.3 is 11.9 Å². The van der Waals surface area contributed by atoms with E-state index in [-0.39, 0.29) is 6.61 Å². The minimum Gasteiger partial charge on any atom is -0.458 e. The molecule has 0 amide bonds. The lowest BCUT2D eigenvalue weighted by Crippen LogP contribution is -2.25. The first-order valence-electron chi connectivity index (χ1n) is 9.25. The summed E-state index contributed by atoms with van der Waals surface area (Å²) in [6.07, 6.45) is 1.95. The summed E-state index contributed by atoms with van der Waals surface area (Å²) in [5, 5.41) is 0. The quantitative estimate of drug-likeness (QED) is 0.361. The van der Waals surface area contributed by atoms with Gasteiger partial charge in [0.25, 0.3) is 0 Å². The van der Waals surface area contributed by atoms with Crippen LogP contribution in [0.4, 0.5) is 0 Å². The molecular weight excluding hydrogens is 399 g/mol. The topological polar surface area (TPSA) is 52.6 Å². The van der Waals surface area contributed by atoms with Gasteiger partial charge < -0.3 is 9.47 Å². The summed E-state index contributed by atoms with van der Waals surface area (Å²) >= 11 is 11.5. The fourth-order valence-electron chi connectivity index (χ4n) is 2.54. The Kier molecular flexibility index (Phi) is 9.32.